The van der Waals surface area contributed by atoms with Crippen molar-refractivity contribution in [3.05, 3.63) is 33.7 Å². The van der Waals surface area contributed by atoms with E-state index in [0.29, 0.717) is 0 Å². The van der Waals surface area contributed by atoms with Crippen molar-refractivity contribution in [2.45, 2.75) is 13.8 Å². The van der Waals surface area contributed by atoms with Gasteiger partial charge in [0.2, 0.25) is 5.56 Å². The van der Waals surface area contributed by atoms with Crippen LogP contribution in [0.25, 0.3) is 11.0 Å². The van der Waals surface area contributed by atoms with Crippen LogP contribution < -0.4 is 5.56 Å². The molecule has 3 heteroatoms. The van der Waals surface area contributed by atoms with Gasteiger partial charge in [0.05, 0.1) is 0 Å². The van der Waals surface area contributed by atoms with Gasteiger partial charge in [-0.05, 0) is 25.5 Å². The van der Waals surface area contributed by atoms with Crippen LogP contribution in [0.15, 0.2) is 16.9 Å². The highest BCUT2D eigenvalue weighted by atomic mass is 16.1. The summed E-state index contributed by atoms with van der Waals surface area (Å²) < 4.78 is 0. The Kier molecular flexibility index (Phi) is 1.33. The second-order valence-corrected chi connectivity index (χ2v) is 2.99. The number of hydrogen-bond acceptors (Lipinski definition) is 1. The third-order valence-corrected chi connectivity index (χ3v) is 2.20. The third kappa shape index (κ3) is 0.863. The first-order valence-electron chi connectivity index (χ1n) is 3.86. The van der Waals surface area contributed by atoms with Crippen molar-refractivity contribution >= 4 is 11.0 Å². The van der Waals surface area contributed by atoms with Gasteiger partial charge in [-0.2, -0.15) is 0 Å². The highest BCUT2D eigenvalue weighted by Crippen LogP contribution is 2.16. The summed E-state index contributed by atoms with van der Waals surface area (Å²) in [5.74, 6) is 0. The monoisotopic (exact) mass is 162 g/mol. The molecule has 0 atom stereocenters. The van der Waals surface area contributed by atoms with Crippen LogP contribution in [0.1, 0.15) is 11.3 Å². The number of aromatic nitrogens is 2. The molecule has 2 rings (SSSR count). The molecule has 0 bridgehead atoms. The summed E-state index contributed by atoms with van der Waals surface area (Å²) in [5.41, 5.74) is 3.05. The lowest BCUT2D eigenvalue weighted by Gasteiger charge is -1.88. The standard InChI is InChI=1S/C9H10N2O/c1-5-6(2)10-9-7(5)3-4-8(12)11-9/h3-4H,1-2H3,(H2,10,11,12). The van der Waals surface area contributed by atoms with Crippen LogP contribution in [0.5, 0.6) is 0 Å². The number of aromatic amines is 2. The first-order chi connectivity index (χ1) is 5.68. The van der Waals surface area contributed by atoms with Crippen molar-refractivity contribution in [2.75, 3.05) is 0 Å². The second kappa shape index (κ2) is 2.24. The van der Waals surface area contributed by atoms with Gasteiger partial charge >= 0.3 is 0 Å². The number of hydrogen-bond donors (Lipinski definition) is 2. The Morgan fingerprint density at radius 2 is 1.92 bits per heavy atom. The number of pyridine rings is 1. The van der Waals surface area contributed by atoms with Gasteiger partial charge in [-0.25, -0.2) is 0 Å². The molecular formula is C9H10N2O. The molecule has 2 heterocycles. The predicted molar refractivity (Wildman–Crippen MR) is 48.4 cm³/mol. The Morgan fingerprint density at radius 1 is 1.17 bits per heavy atom. The Hall–Kier alpha value is -1.51. The van der Waals surface area contributed by atoms with Gasteiger partial charge in [-0.15, -0.1) is 0 Å². The van der Waals surface area contributed by atoms with Crippen LogP contribution in [0.2, 0.25) is 0 Å². The molecule has 3 nitrogen and oxygen atoms in total. The first kappa shape index (κ1) is 7.16. The predicted octanol–water partition coefficient (Wildman–Crippen LogP) is 1.47. The van der Waals surface area contributed by atoms with E-state index >= 15 is 0 Å². The smallest absolute Gasteiger partial charge is 0.249 e. The SMILES string of the molecule is Cc1[nH]c2[nH]c(=O)ccc2c1C. The second-order valence-electron chi connectivity index (χ2n) is 2.99. The fourth-order valence-electron chi connectivity index (χ4n) is 1.37. The molecular weight excluding hydrogens is 152 g/mol. The summed E-state index contributed by atoms with van der Waals surface area (Å²) in [7, 11) is 0. The fraction of sp³-hybridized carbons (Fsp3) is 0.222. The molecule has 0 aliphatic heterocycles. The molecule has 0 saturated heterocycles. The Balaban J connectivity index is 2.96. The lowest BCUT2D eigenvalue weighted by atomic mass is 10.2. The maximum absolute atomic E-state index is 10.9. The highest BCUT2D eigenvalue weighted by molar-refractivity contribution is 5.80. The van der Waals surface area contributed by atoms with Crippen molar-refractivity contribution < 1.29 is 0 Å². The van der Waals surface area contributed by atoms with Crippen molar-refractivity contribution in [2.24, 2.45) is 0 Å². The minimum absolute atomic E-state index is 0.0660. The van der Waals surface area contributed by atoms with Crippen LogP contribution in [0.4, 0.5) is 0 Å². The third-order valence-electron chi connectivity index (χ3n) is 2.20. The number of nitrogens with one attached hydrogen (secondary N) is 2. The maximum Gasteiger partial charge on any atom is 0.249 e. The van der Waals surface area contributed by atoms with E-state index in [0.717, 1.165) is 16.7 Å². The van der Waals surface area contributed by atoms with E-state index in [4.69, 9.17) is 0 Å². The topological polar surface area (TPSA) is 48.6 Å². The van der Waals surface area contributed by atoms with Crippen LogP contribution in [-0.2, 0) is 0 Å². The van der Waals surface area contributed by atoms with Gasteiger partial charge in [-0.3, -0.25) is 4.79 Å². The van der Waals surface area contributed by atoms with E-state index in [2.05, 4.69) is 9.97 Å². The van der Waals surface area contributed by atoms with Crippen LogP contribution in [0, 0.1) is 13.8 Å². The molecule has 0 unspecified atom stereocenters. The quantitative estimate of drug-likeness (QED) is 0.605. The highest BCUT2D eigenvalue weighted by Gasteiger charge is 2.02. The average molecular weight is 162 g/mol. The molecule has 0 spiro atoms. The van der Waals surface area contributed by atoms with E-state index in [1.165, 1.54) is 5.56 Å². The zero-order chi connectivity index (χ0) is 8.72. The summed E-state index contributed by atoms with van der Waals surface area (Å²) in [4.78, 5) is 16.8. The minimum Gasteiger partial charge on any atom is -0.345 e. The van der Waals surface area contributed by atoms with Crippen LogP contribution in [0.3, 0.4) is 0 Å². The average Bonchev–Trinajstić information content (AvgIpc) is 2.28. The molecule has 2 aromatic heterocycles. The van der Waals surface area contributed by atoms with Gasteiger partial charge in [0.1, 0.15) is 5.65 Å². The van der Waals surface area contributed by atoms with Crippen LogP contribution >= 0.6 is 0 Å². The number of aryl methyl sites for hydroxylation is 2. The Labute approximate surface area is 69.4 Å². The van der Waals surface area contributed by atoms with Crippen molar-refractivity contribution in [3.8, 4) is 0 Å². The molecule has 0 fully saturated rings. The molecule has 0 saturated carbocycles. The van der Waals surface area contributed by atoms with Crippen LogP contribution in [-0.4, -0.2) is 9.97 Å². The summed E-state index contributed by atoms with van der Waals surface area (Å²) in [6.07, 6.45) is 0. The lowest BCUT2D eigenvalue weighted by Crippen LogP contribution is -2.01. The normalized spacial score (nSPS) is 10.8. The Bertz CT molecular complexity index is 479. The molecule has 0 aliphatic carbocycles. The van der Waals surface area contributed by atoms with Crippen molar-refractivity contribution in [3.63, 3.8) is 0 Å². The minimum atomic E-state index is -0.0660. The summed E-state index contributed by atoms with van der Waals surface area (Å²) in [6.45, 7) is 4.03. The first-order valence-corrected chi connectivity index (χ1v) is 3.86. The van der Waals surface area contributed by atoms with Gasteiger partial charge in [0, 0.05) is 17.1 Å². The van der Waals surface area contributed by atoms with Gasteiger partial charge in [-0.1, -0.05) is 0 Å². The molecule has 0 radical (unpaired) electrons. The molecule has 2 aromatic rings. The Morgan fingerprint density at radius 3 is 2.67 bits per heavy atom. The summed E-state index contributed by atoms with van der Waals surface area (Å²) in [5, 5.41) is 1.09. The van der Waals surface area contributed by atoms with Crippen molar-refractivity contribution in [1.82, 2.24) is 9.97 Å². The van der Waals surface area contributed by atoms with E-state index in [1.807, 2.05) is 19.9 Å². The van der Waals surface area contributed by atoms with E-state index < -0.39 is 0 Å². The van der Waals surface area contributed by atoms with Gasteiger partial charge in [0.15, 0.2) is 0 Å². The summed E-state index contributed by atoms with van der Waals surface area (Å²) in [6, 6.07) is 3.38. The summed E-state index contributed by atoms with van der Waals surface area (Å²) >= 11 is 0. The van der Waals surface area contributed by atoms with Gasteiger partial charge < -0.3 is 9.97 Å². The fourth-order valence-corrected chi connectivity index (χ4v) is 1.37. The number of rotatable bonds is 0. The zero-order valence-electron chi connectivity index (χ0n) is 7.06. The number of H-pyrrole nitrogens is 2. The maximum atomic E-state index is 10.9. The van der Waals surface area contributed by atoms with E-state index in [1.54, 1.807) is 6.07 Å². The molecule has 0 amide bonds. The molecule has 12 heavy (non-hydrogen) atoms. The lowest BCUT2D eigenvalue weighted by molar-refractivity contribution is 1.20. The molecule has 0 aromatic carbocycles. The molecule has 0 aliphatic rings. The molecule has 62 valence electrons. The van der Waals surface area contributed by atoms with E-state index in [9.17, 15) is 4.79 Å². The largest absolute Gasteiger partial charge is 0.345 e. The van der Waals surface area contributed by atoms with Crippen molar-refractivity contribution in [1.29, 1.82) is 0 Å². The van der Waals surface area contributed by atoms with Gasteiger partial charge in [0.25, 0.3) is 0 Å². The molecule has 2 N–H and O–H groups in total. The van der Waals surface area contributed by atoms with E-state index in [-0.39, 0.29) is 5.56 Å². The zero-order valence-corrected chi connectivity index (χ0v) is 7.06. The number of fused-ring (bicyclic) bond motifs is 1.